The van der Waals surface area contributed by atoms with Crippen molar-refractivity contribution < 1.29 is 0 Å². The Morgan fingerprint density at radius 1 is 1.62 bits per heavy atom. The van der Waals surface area contributed by atoms with Gasteiger partial charge in [-0.15, -0.1) is 0 Å². The Balaban J connectivity index is 2.04. The summed E-state index contributed by atoms with van der Waals surface area (Å²) in [4.78, 5) is 4.74. The molecule has 1 saturated heterocycles. The Morgan fingerprint density at radius 3 is 3.00 bits per heavy atom. The van der Waals surface area contributed by atoms with Crippen LogP contribution in [-0.2, 0) is 0 Å². The molecule has 1 aliphatic heterocycles. The molecule has 2 atom stereocenters. The van der Waals surface area contributed by atoms with Crippen LogP contribution in [0.15, 0.2) is 21.8 Å². The van der Waals surface area contributed by atoms with Gasteiger partial charge in [-0.25, -0.2) is 0 Å². The second-order valence-electron chi connectivity index (χ2n) is 4.49. The van der Waals surface area contributed by atoms with Crippen molar-refractivity contribution in [1.29, 1.82) is 0 Å². The largest absolute Gasteiger partial charge is 0.359 e. The summed E-state index contributed by atoms with van der Waals surface area (Å²) >= 11 is 3.58. The van der Waals surface area contributed by atoms with Gasteiger partial charge in [-0.1, -0.05) is 18.7 Å². The number of nitrogens with zero attached hydrogens (tertiary/aromatic N) is 1. The molecule has 1 aromatic heterocycles. The topological polar surface area (TPSA) is 24.4 Å². The van der Waals surface area contributed by atoms with Crippen LogP contribution in [0.5, 0.6) is 0 Å². The van der Waals surface area contributed by atoms with E-state index >= 15 is 0 Å². The second kappa shape index (κ2) is 4.80. The van der Waals surface area contributed by atoms with Gasteiger partial charge in [-0.2, -0.15) is 11.3 Å². The molecule has 0 saturated carbocycles. The van der Waals surface area contributed by atoms with E-state index in [0.717, 1.165) is 17.3 Å². The highest BCUT2D eigenvalue weighted by Gasteiger charge is 2.30. The molecule has 0 aromatic carbocycles. The maximum absolute atomic E-state index is 4.74. The minimum atomic E-state index is 0.234. The van der Waals surface area contributed by atoms with Crippen molar-refractivity contribution in [2.45, 2.75) is 38.8 Å². The summed E-state index contributed by atoms with van der Waals surface area (Å²) in [6.45, 7) is 6.63. The molecule has 1 aliphatic rings. The van der Waals surface area contributed by atoms with Crippen molar-refractivity contribution in [1.82, 2.24) is 5.32 Å². The maximum Gasteiger partial charge on any atom is 0.157 e. The van der Waals surface area contributed by atoms with Gasteiger partial charge in [0.25, 0.3) is 0 Å². The predicted octanol–water partition coefficient (Wildman–Crippen LogP) is 3.67. The summed E-state index contributed by atoms with van der Waals surface area (Å²) in [5.41, 5.74) is 1.54. The first kappa shape index (κ1) is 12.0. The summed E-state index contributed by atoms with van der Waals surface area (Å²) in [7, 11) is 0. The van der Waals surface area contributed by atoms with Gasteiger partial charge >= 0.3 is 0 Å². The molecular formula is C12H18N2S2. The summed E-state index contributed by atoms with van der Waals surface area (Å²) in [6, 6.07) is 2.42. The molecule has 2 nitrogen and oxygen atoms in total. The van der Waals surface area contributed by atoms with Crippen molar-refractivity contribution in [3.63, 3.8) is 0 Å². The van der Waals surface area contributed by atoms with E-state index in [1.165, 1.54) is 5.56 Å². The Bertz CT molecular complexity index is 372. The minimum Gasteiger partial charge on any atom is -0.359 e. The Hall–Kier alpha value is -0.480. The lowest BCUT2D eigenvalue weighted by Gasteiger charge is -2.21. The standard InChI is InChI=1S/C12H18N2S2/c1-4-12(3)8-16-11(14-12)13-9(2)10-5-6-15-7-10/h5-7,9H,4,8H2,1-3H3,(H,13,14). The molecule has 1 fully saturated rings. The van der Waals surface area contributed by atoms with E-state index in [0.29, 0.717) is 0 Å². The average molecular weight is 254 g/mol. The smallest absolute Gasteiger partial charge is 0.157 e. The highest BCUT2D eigenvalue weighted by atomic mass is 32.2. The van der Waals surface area contributed by atoms with Crippen LogP contribution in [0.3, 0.4) is 0 Å². The highest BCUT2D eigenvalue weighted by molar-refractivity contribution is 8.14. The van der Waals surface area contributed by atoms with Gasteiger partial charge in [-0.05, 0) is 42.7 Å². The lowest BCUT2D eigenvalue weighted by molar-refractivity contribution is 0.465. The molecule has 16 heavy (non-hydrogen) atoms. The van der Waals surface area contributed by atoms with Gasteiger partial charge in [-0.3, -0.25) is 4.99 Å². The number of aliphatic imine (C=N–C) groups is 1. The SMILES string of the molecule is CCC1(C)CSC(=NC(C)c2ccsc2)N1. The van der Waals surface area contributed by atoms with E-state index < -0.39 is 0 Å². The van der Waals surface area contributed by atoms with Gasteiger partial charge < -0.3 is 5.32 Å². The Morgan fingerprint density at radius 2 is 2.44 bits per heavy atom. The van der Waals surface area contributed by atoms with Crippen LogP contribution in [0.1, 0.15) is 38.8 Å². The van der Waals surface area contributed by atoms with Crippen LogP contribution < -0.4 is 5.32 Å². The number of hydrogen-bond acceptors (Lipinski definition) is 3. The normalized spacial score (nSPS) is 29.3. The van der Waals surface area contributed by atoms with E-state index in [-0.39, 0.29) is 11.6 Å². The molecule has 0 radical (unpaired) electrons. The Labute approximate surface area is 106 Å². The van der Waals surface area contributed by atoms with E-state index in [2.05, 4.69) is 42.9 Å². The molecule has 0 amide bonds. The highest BCUT2D eigenvalue weighted by Crippen LogP contribution is 2.28. The van der Waals surface area contributed by atoms with Crippen molar-refractivity contribution in [3.8, 4) is 0 Å². The number of nitrogens with one attached hydrogen (secondary N) is 1. The van der Waals surface area contributed by atoms with Crippen molar-refractivity contribution >= 4 is 28.3 Å². The van der Waals surface area contributed by atoms with Crippen LogP contribution in [0, 0.1) is 0 Å². The minimum absolute atomic E-state index is 0.234. The first-order valence-corrected chi connectivity index (χ1v) is 7.57. The first-order chi connectivity index (χ1) is 7.63. The fourth-order valence-corrected chi connectivity index (χ4v) is 3.61. The number of rotatable bonds is 3. The number of thiophene rings is 1. The van der Waals surface area contributed by atoms with Crippen molar-refractivity contribution in [2.24, 2.45) is 4.99 Å². The van der Waals surface area contributed by atoms with Crippen LogP contribution in [0.25, 0.3) is 0 Å². The van der Waals surface area contributed by atoms with Crippen LogP contribution in [0.2, 0.25) is 0 Å². The zero-order valence-electron chi connectivity index (χ0n) is 9.99. The van der Waals surface area contributed by atoms with Gasteiger partial charge in [0.15, 0.2) is 5.17 Å². The molecule has 88 valence electrons. The van der Waals surface area contributed by atoms with Gasteiger partial charge in [0.1, 0.15) is 0 Å². The molecule has 2 heterocycles. The zero-order valence-corrected chi connectivity index (χ0v) is 11.6. The summed E-state index contributed by atoms with van der Waals surface area (Å²) in [6.07, 6.45) is 1.14. The second-order valence-corrected chi connectivity index (χ2v) is 6.24. The van der Waals surface area contributed by atoms with Crippen molar-refractivity contribution in [2.75, 3.05) is 5.75 Å². The number of hydrogen-bond donors (Lipinski definition) is 1. The van der Waals surface area contributed by atoms with Gasteiger partial charge in [0.05, 0.1) is 6.04 Å². The molecule has 1 N–H and O–H groups in total. The lowest BCUT2D eigenvalue weighted by atomic mass is 10.0. The zero-order chi connectivity index (χ0) is 11.6. The first-order valence-electron chi connectivity index (χ1n) is 5.64. The molecule has 2 rings (SSSR count). The molecule has 4 heteroatoms. The summed E-state index contributed by atoms with van der Waals surface area (Å²) < 4.78 is 0. The molecule has 0 spiro atoms. The average Bonchev–Trinajstić information content (AvgIpc) is 2.88. The van der Waals surface area contributed by atoms with E-state index in [9.17, 15) is 0 Å². The summed E-state index contributed by atoms with van der Waals surface area (Å²) in [5.74, 6) is 1.12. The third-order valence-corrected chi connectivity index (χ3v) is 5.02. The third kappa shape index (κ3) is 2.61. The van der Waals surface area contributed by atoms with E-state index in [4.69, 9.17) is 4.99 Å². The van der Waals surface area contributed by atoms with Crippen LogP contribution in [0.4, 0.5) is 0 Å². The predicted molar refractivity (Wildman–Crippen MR) is 74.5 cm³/mol. The quantitative estimate of drug-likeness (QED) is 0.890. The lowest BCUT2D eigenvalue weighted by Crippen LogP contribution is -2.39. The summed E-state index contributed by atoms with van der Waals surface area (Å²) in [5, 5.41) is 8.91. The monoisotopic (exact) mass is 254 g/mol. The van der Waals surface area contributed by atoms with Gasteiger partial charge in [0.2, 0.25) is 0 Å². The van der Waals surface area contributed by atoms with Crippen LogP contribution in [-0.4, -0.2) is 16.5 Å². The van der Waals surface area contributed by atoms with Gasteiger partial charge in [0, 0.05) is 11.3 Å². The maximum atomic E-state index is 4.74. The third-order valence-electron chi connectivity index (χ3n) is 3.05. The number of thioether (sulfide) groups is 1. The molecular weight excluding hydrogens is 236 g/mol. The molecule has 1 aromatic rings. The van der Waals surface area contributed by atoms with Crippen LogP contribution >= 0.6 is 23.1 Å². The van der Waals surface area contributed by atoms with E-state index in [1.54, 1.807) is 11.3 Å². The number of amidine groups is 1. The van der Waals surface area contributed by atoms with Crippen molar-refractivity contribution in [3.05, 3.63) is 22.4 Å². The van der Waals surface area contributed by atoms with E-state index in [1.807, 2.05) is 11.8 Å². The fraction of sp³-hybridized carbons (Fsp3) is 0.583. The fourth-order valence-electron chi connectivity index (χ4n) is 1.58. The molecule has 0 aliphatic carbocycles. The Kier molecular flexibility index (Phi) is 3.60. The molecule has 2 unspecified atom stereocenters. The molecule has 0 bridgehead atoms.